The Kier molecular flexibility index (Phi) is 4390. The largest absolute Gasteiger partial charge is 1.00 e. The van der Waals surface area contributed by atoms with Gasteiger partial charge >= 0.3 is 51.4 Å². The van der Waals surface area contributed by atoms with Crippen molar-refractivity contribution < 1.29 is 99.7 Å². The predicted molar refractivity (Wildman–Crippen MR) is 0 cm³/mol. The summed E-state index contributed by atoms with van der Waals surface area (Å²) in [4.78, 5) is 0. The topological polar surface area (TPSA) is 0 Å². The SMILES string of the molecule is [F-].[F-].[F-].[F-].[F-].[F-].[Ir].[K+]. The molecule has 0 amide bonds. The zero-order valence-corrected chi connectivity index (χ0v) is 9.12. The summed E-state index contributed by atoms with van der Waals surface area (Å²) in [6, 6.07) is 0. The minimum absolute atomic E-state index is 0. The van der Waals surface area contributed by atoms with E-state index in [-0.39, 0.29) is 99.7 Å². The Hall–Kier alpha value is 1.87. The minimum atomic E-state index is 0. The van der Waals surface area contributed by atoms with E-state index in [2.05, 4.69) is 0 Å². The van der Waals surface area contributed by atoms with Crippen molar-refractivity contribution in [3.05, 3.63) is 0 Å². The molecule has 1 radical (unpaired) electrons. The van der Waals surface area contributed by atoms with Crippen molar-refractivity contribution in [2.24, 2.45) is 0 Å². The van der Waals surface area contributed by atoms with Gasteiger partial charge in [-0.2, -0.15) is 0 Å². The third-order valence-electron chi connectivity index (χ3n) is 0. The zero-order chi connectivity index (χ0) is 0. The quantitative estimate of drug-likeness (QED) is 0.302. The van der Waals surface area contributed by atoms with Crippen molar-refractivity contribution in [1.29, 1.82) is 0 Å². The van der Waals surface area contributed by atoms with E-state index in [1.807, 2.05) is 0 Å². The number of hydrogen-bond acceptors (Lipinski definition) is 0. The summed E-state index contributed by atoms with van der Waals surface area (Å²) in [6.07, 6.45) is 0. The summed E-state index contributed by atoms with van der Waals surface area (Å²) in [5.74, 6) is 0. The van der Waals surface area contributed by atoms with Gasteiger partial charge in [0.2, 0.25) is 0 Å². The summed E-state index contributed by atoms with van der Waals surface area (Å²) >= 11 is 0. The molecule has 0 saturated carbocycles. The molecule has 0 unspecified atom stereocenters. The molecule has 0 bridgehead atoms. The fourth-order valence-electron chi connectivity index (χ4n) is 0. The standard InChI is InChI=1S/6FH.Ir.K/h6*1H;;/q;;;;;;;+1/p-6. The van der Waals surface area contributed by atoms with Gasteiger partial charge < -0.3 is 28.2 Å². The average molecular weight is 345 g/mol. The van der Waals surface area contributed by atoms with E-state index < -0.39 is 0 Å². The molecule has 0 aromatic heterocycles. The first-order valence-electron chi connectivity index (χ1n) is 0. The summed E-state index contributed by atoms with van der Waals surface area (Å²) in [5.41, 5.74) is 0. The predicted octanol–water partition coefficient (Wildman–Crippen LogP) is -21.0. The molecule has 0 heterocycles. The van der Waals surface area contributed by atoms with Gasteiger partial charge in [-0.25, -0.2) is 0 Å². The molecule has 0 aliphatic rings. The third-order valence-corrected chi connectivity index (χ3v) is 0. The Morgan fingerprint density at radius 1 is 0.375 bits per heavy atom. The van der Waals surface area contributed by atoms with Crippen LogP contribution in [0.4, 0.5) is 0 Å². The van der Waals surface area contributed by atoms with Gasteiger partial charge in [-0.05, 0) is 0 Å². The van der Waals surface area contributed by atoms with Crippen LogP contribution in [0.5, 0.6) is 0 Å². The molecule has 8 heavy (non-hydrogen) atoms. The maximum Gasteiger partial charge on any atom is 1.00 e. The van der Waals surface area contributed by atoms with Crippen molar-refractivity contribution in [3.63, 3.8) is 0 Å². The minimum Gasteiger partial charge on any atom is -1.00 e. The molecule has 0 aliphatic carbocycles. The van der Waals surface area contributed by atoms with E-state index in [0.717, 1.165) is 0 Å². The van der Waals surface area contributed by atoms with Gasteiger partial charge in [0.25, 0.3) is 0 Å². The normalized spacial score (nSPS) is 0. The molecule has 8 heteroatoms. The molecule has 0 fully saturated rings. The van der Waals surface area contributed by atoms with Gasteiger partial charge in [0.05, 0.1) is 0 Å². The molecule has 0 atom stereocenters. The first-order valence-corrected chi connectivity index (χ1v) is 0. The van der Waals surface area contributed by atoms with Crippen LogP contribution in [0.25, 0.3) is 0 Å². The van der Waals surface area contributed by atoms with Crippen LogP contribution in [0, 0.1) is 0 Å². The van der Waals surface area contributed by atoms with E-state index in [1.165, 1.54) is 0 Å². The van der Waals surface area contributed by atoms with E-state index in [4.69, 9.17) is 0 Å². The van der Waals surface area contributed by atoms with Gasteiger partial charge in [0.1, 0.15) is 0 Å². The van der Waals surface area contributed by atoms with Crippen LogP contribution in [0.2, 0.25) is 0 Å². The molecule has 0 rings (SSSR count). The first kappa shape index (κ1) is 223. The van der Waals surface area contributed by atoms with Gasteiger partial charge in [0.15, 0.2) is 0 Å². The fraction of sp³-hybridized carbons (Fsp3) is 0. The van der Waals surface area contributed by atoms with Crippen molar-refractivity contribution in [2.45, 2.75) is 0 Å². The van der Waals surface area contributed by atoms with Crippen molar-refractivity contribution >= 4 is 0 Å². The van der Waals surface area contributed by atoms with E-state index >= 15 is 0 Å². The molecule has 0 nitrogen and oxygen atoms in total. The summed E-state index contributed by atoms with van der Waals surface area (Å²) in [6.45, 7) is 0. The van der Waals surface area contributed by atoms with Crippen LogP contribution in [0.1, 0.15) is 0 Å². The molecule has 57 valence electrons. The first-order chi connectivity index (χ1) is 0. The Labute approximate surface area is 98.1 Å². The van der Waals surface area contributed by atoms with E-state index in [9.17, 15) is 0 Å². The second-order valence-corrected chi connectivity index (χ2v) is 0. The van der Waals surface area contributed by atoms with Crippen molar-refractivity contribution in [2.75, 3.05) is 0 Å². The Balaban J connectivity index is 0. The van der Waals surface area contributed by atoms with Crippen LogP contribution in [-0.4, -0.2) is 0 Å². The second kappa shape index (κ2) is 158. The summed E-state index contributed by atoms with van der Waals surface area (Å²) in [7, 11) is 0. The zero-order valence-electron chi connectivity index (χ0n) is 3.60. The van der Waals surface area contributed by atoms with E-state index in [1.54, 1.807) is 0 Å². The summed E-state index contributed by atoms with van der Waals surface area (Å²) < 4.78 is 0. The van der Waals surface area contributed by atoms with Gasteiger partial charge in [0, 0.05) is 20.1 Å². The summed E-state index contributed by atoms with van der Waals surface area (Å²) in [5, 5.41) is 0. The van der Waals surface area contributed by atoms with Crippen molar-refractivity contribution in [1.82, 2.24) is 0 Å². The maximum atomic E-state index is 0. The van der Waals surface area contributed by atoms with Crippen LogP contribution in [0.15, 0.2) is 0 Å². The average Bonchev–Trinajstić information content (AvgIpc) is 0. The molecule has 0 aliphatic heterocycles. The van der Waals surface area contributed by atoms with Crippen LogP contribution in [0.3, 0.4) is 0 Å². The van der Waals surface area contributed by atoms with Gasteiger partial charge in [-0.1, -0.05) is 0 Å². The fourth-order valence-corrected chi connectivity index (χ4v) is 0. The Bertz CT molecular complexity index is 8.49. The number of halogens is 6. The second-order valence-electron chi connectivity index (χ2n) is 0. The number of rotatable bonds is 0. The smallest absolute Gasteiger partial charge is 1.00 e. The van der Waals surface area contributed by atoms with Gasteiger partial charge in [-0.15, -0.1) is 0 Å². The van der Waals surface area contributed by atoms with E-state index in [0.29, 0.717) is 0 Å². The third kappa shape index (κ3) is 107. The molecule has 0 saturated heterocycles. The molecule has 0 aromatic carbocycles. The van der Waals surface area contributed by atoms with Crippen LogP contribution < -0.4 is 79.6 Å². The molecule has 0 spiro atoms. The maximum absolute atomic E-state index is 0. The van der Waals surface area contributed by atoms with Crippen LogP contribution in [-0.2, 0) is 20.1 Å². The molecule has 0 N–H and O–H groups in total. The number of hydrogen-bond donors (Lipinski definition) is 0. The van der Waals surface area contributed by atoms with Gasteiger partial charge in [-0.3, -0.25) is 0 Å². The monoisotopic (exact) mass is 346 g/mol. The molecule has 0 aromatic rings. The molecular formula is F6IrK-5. The van der Waals surface area contributed by atoms with Crippen LogP contribution >= 0.6 is 0 Å². The Morgan fingerprint density at radius 2 is 0.375 bits per heavy atom. The Morgan fingerprint density at radius 3 is 0.375 bits per heavy atom. The van der Waals surface area contributed by atoms with Crippen molar-refractivity contribution in [3.8, 4) is 0 Å². The molecular weight excluding hydrogens is 345 g/mol.